The van der Waals surface area contributed by atoms with E-state index < -0.39 is 0 Å². The van der Waals surface area contributed by atoms with Crippen molar-refractivity contribution in [2.24, 2.45) is 5.92 Å². The van der Waals surface area contributed by atoms with E-state index in [9.17, 15) is 4.79 Å². The maximum absolute atomic E-state index is 13.6. The average molecular weight is 512 g/mol. The number of carbonyl (C=O) groups is 1. The van der Waals surface area contributed by atoms with Crippen LogP contribution in [0.5, 0.6) is 0 Å². The number of anilines is 1. The molecule has 0 spiro atoms. The quantitative estimate of drug-likeness (QED) is 0.333. The number of nitrogens with zero attached hydrogens (tertiary/aromatic N) is 2. The average Bonchev–Trinajstić information content (AvgIpc) is 3.18. The highest BCUT2D eigenvalue weighted by Gasteiger charge is 2.45. The minimum atomic E-state index is -0.199. The predicted octanol–water partition coefficient (Wildman–Crippen LogP) is 8.33. The van der Waals surface area contributed by atoms with E-state index in [0.29, 0.717) is 5.78 Å². The summed E-state index contributed by atoms with van der Waals surface area (Å²) in [6, 6.07) is 13.3. The molecule has 0 saturated heterocycles. The van der Waals surface area contributed by atoms with Gasteiger partial charge in [-0.3, -0.25) is 4.79 Å². The maximum Gasteiger partial charge on any atom is 0.209 e. The van der Waals surface area contributed by atoms with Crippen molar-refractivity contribution >= 4 is 22.9 Å². The van der Waals surface area contributed by atoms with Crippen LogP contribution in [0.2, 0.25) is 0 Å². The van der Waals surface area contributed by atoms with Gasteiger partial charge >= 0.3 is 0 Å². The molecule has 0 radical (unpaired) electrons. The van der Waals surface area contributed by atoms with Gasteiger partial charge < -0.3 is 4.90 Å². The van der Waals surface area contributed by atoms with Gasteiger partial charge in [0, 0.05) is 40.4 Å². The van der Waals surface area contributed by atoms with Crippen LogP contribution in [0.1, 0.15) is 90.0 Å². The Balaban J connectivity index is 1.82. The number of hydrogen-bond donors (Lipinski definition) is 0. The number of fused-ring (bicyclic) bond motifs is 2. The van der Waals surface area contributed by atoms with Gasteiger partial charge in [0.05, 0.1) is 11.5 Å². The maximum atomic E-state index is 13.6. The van der Waals surface area contributed by atoms with Crippen molar-refractivity contribution in [3.8, 4) is 0 Å². The Bertz CT molecular complexity index is 1340. The van der Waals surface area contributed by atoms with Crippen LogP contribution in [0.3, 0.4) is 0 Å². The Kier molecular flexibility index (Phi) is 7.63. The molecule has 0 fully saturated rings. The van der Waals surface area contributed by atoms with Gasteiger partial charge in [-0.15, -0.1) is 0 Å². The second kappa shape index (κ2) is 10.3. The number of rotatable bonds is 8. The van der Waals surface area contributed by atoms with Crippen molar-refractivity contribution in [3.63, 3.8) is 0 Å². The van der Waals surface area contributed by atoms with Crippen LogP contribution in [0.4, 0.5) is 11.4 Å². The van der Waals surface area contributed by atoms with Crippen molar-refractivity contribution < 1.29 is 9.37 Å². The lowest BCUT2D eigenvalue weighted by molar-refractivity contribution is -0.401. The van der Waals surface area contributed by atoms with E-state index in [2.05, 4.69) is 120 Å². The largest absolute Gasteiger partial charge is 0.333 e. The first-order valence-corrected chi connectivity index (χ1v) is 14.4. The number of ketones is 1. The van der Waals surface area contributed by atoms with Crippen molar-refractivity contribution in [2.75, 3.05) is 11.9 Å². The monoisotopic (exact) mass is 511 g/mol. The third-order valence-corrected chi connectivity index (χ3v) is 8.72. The summed E-state index contributed by atoms with van der Waals surface area (Å²) < 4.78 is 2.33. The molecule has 2 aromatic rings. The van der Waals surface area contributed by atoms with Gasteiger partial charge in [-0.25, -0.2) is 0 Å². The van der Waals surface area contributed by atoms with Crippen LogP contribution in [-0.4, -0.2) is 29.2 Å². The number of aryl methyl sites for hydroxylation is 2. The van der Waals surface area contributed by atoms with Crippen molar-refractivity contribution in [2.45, 2.75) is 98.4 Å². The third-order valence-electron chi connectivity index (χ3n) is 8.72. The summed E-state index contributed by atoms with van der Waals surface area (Å²) in [4.78, 5) is 16.0. The molecule has 0 aromatic heterocycles. The highest BCUT2D eigenvalue weighted by atomic mass is 16.1. The van der Waals surface area contributed by atoms with Gasteiger partial charge in [0.2, 0.25) is 5.69 Å². The van der Waals surface area contributed by atoms with Gasteiger partial charge in [0.15, 0.2) is 11.5 Å². The van der Waals surface area contributed by atoms with Gasteiger partial charge in [0.1, 0.15) is 7.05 Å². The minimum absolute atomic E-state index is 0.00304. The lowest BCUT2D eigenvalue weighted by Crippen LogP contribution is -2.43. The number of allylic oxidation sites excluding steroid dienone is 4. The number of hydrogen-bond acceptors (Lipinski definition) is 2. The van der Waals surface area contributed by atoms with E-state index in [-0.39, 0.29) is 22.8 Å². The summed E-state index contributed by atoms with van der Waals surface area (Å²) in [5, 5.41) is 0. The van der Waals surface area contributed by atoms with E-state index in [0.717, 1.165) is 19.3 Å². The molecule has 3 nitrogen and oxygen atoms in total. The first-order chi connectivity index (χ1) is 17.8. The first kappa shape index (κ1) is 28.1. The highest BCUT2D eigenvalue weighted by Crippen LogP contribution is 2.50. The lowest BCUT2D eigenvalue weighted by atomic mass is 9.80. The molecule has 2 aliphatic rings. The normalized spacial score (nSPS) is 19.6. The molecule has 0 saturated carbocycles. The summed E-state index contributed by atoms with van der Waals surface area (Å²) in [7, 11) is 2.17. The van der Waals surface area contributed by atoms with Crippen molar-refractivity contribution in [1.29, 1.82) is 0 Å². The molecule has 0 aliphatic carbocycles. The van der Waals surface area contributed by atoms with Crippen LogP contribution >= 0.6 is 0 Å². The fourth-order valence-corrected chi connectivity index (χ4v) is 6.42. The molecular formula is C35H47N2O+. The van der Waals surface area contributed by atoms with Crippen LogP contribution < -0.4 is 4.90 Å². The zero-order valence-electron chi connectivity index (χ0n) is 25.3. The zero-order valence-corrected chi connectivity index (χ0v) is 25.3. The van der Waals surface area contributed by atoms with Crippen molar-refractivity contribution in [1.82, 2.24) is 0 Å². The molecule has 1 unspecified atom stereocenters. The van der Waals surface area contributed by atoms with E-state index >= 15 is 0 Å². The zero-order chi connectivity index (χ0) is 28.0. The first-order valence-electron chi connectivity index (χ1n) is 14.4. The summed E-state index contributed by atoms with van der Waals surface area (Å²) in [6.45, 7) is 19.8. The van der Waals surface area contributed by atoms with Gasteiger partial charge in [-0.05, 0) is 57.9 Å². The van der Waals surface area contributed by atoms with Crippen LogP contribution in [0, 0.1) is 19.8 Å². The molecule has 2 aromatic carbocycles. The smallest absolute Gasteiger partial charge is 0.209 e. The van der Waals surface area contributed by atoms with Crippen molar-refractivity contribution in [3.05, 3.63) is 82.6 Å². The number of Topliss-reactive ketones (excluding diaryl/α,β-unsaturated/α-hetero) is 1. The van der Waals surface area contributed by atoms with Gasteiger partial charge in [-0.1, -0.05) is 82.9 Å². The SMILES string of the molecule is CCCCC(C(=O)C(C)C)N1/C(=C\C=C\C2=[N+](C)c3ccc(C)cc3C2(C)C)C(C)(C)c2cc(C)ccc21. The highest BCUT2D eigenvalue weighted by molar-refractivity contribution is 6.03. The van der Waals surface area contributed by atoms with Crippen LogP contribution in [-0.2, 0) is 15.6 Å². The Morgan fingerprint density at radius 2 is 1.61 bits per heavy atom. The fraction of sp³-hybridized carbons (Fsp3) is 0.486. The van der Waals surface area contributed by atoms with E-state index in [4.69, 9.17) is 0 Å². The number of unbranched alkanes of at least 4 members (excludes halogenated alkanes) is 1. The lowest BCUT2D eigenvalue weighted by Gasteiger charge is -2.34. The number of carbonyl (C=O) groups excluding carboxylic acids is 1. The van der Waals surface area contributed by atoms with E-state index in [1.807, 2.05) is 13.8 Å². The summed E-state index contributed by atoms with van der Waals surface area (Å²) in [5.41, 5.74) is 9.91. The fourth-order valence-electron chi connectivity index (χ4n) is 6.42. The minimum Gasteiger partial charge on any atom is -0.333 e. The second-order valence-corrected chi connectivity index (χ2v) is 12.7. The molecule has 2 heterocycles. The van der Waals surface area contributed by atoms with E-state index in [1.165, 1.54) is 45.0 Å². The third kappa shape index (κ3) is 4.70. The number of benzene rings is 2. The molecule has 0 bridgehead atoms. The topological polar surface area (TPSA) is 23.3 Å². The molecule has 2 aliphatic heterocycles. The molecule has 202 valence electrons. The second-order valence-electron chi connectivity index (χ2n) is 12.7. The summed E-state index contributed by atoms with van der Waals surface area (Å²) >= 11 is 0. The molecule has 0 N–H and O–H groups in total. The molecule has 1 atom stereocenters. The molecule has 3 heteroatoms. The Hall–Kier alpha value is -2.94. The summed E-state index contributed by atoms with van der Waals surface area (Å²) in [6.07, 6.45) is 9.76. The molecule has 38 heavy (non-hydrogen) atoms. The predicted molar refractivity (Wildman–Crippen MR) is 162 cm³/mol. The molecule has 4 rings (SSSR count). The molecule has 0 amide bonds. The Morgan fingerprint density at radius 1 is 0.974 bits per heavy atom. The summed E-state index contributed by atoms with van der Waals surface area (Å²) in [5.74, 6) is 0.325. The standard InChI is InChI=1S/C35H47N2O/c1-11-12-14-30(33(38)23(2)3)37-29-20-18-25(5)22-27(29)35(8,9)32(37)16-13-15-31-34(6,7)26-21-24(4)17-19-28(26)36(31)10/h13,15-23,30H,11-12,14H2,1-10H3/q+1. The van der Waals surface area contributed by atoms with Gasteiger partial charge in [0.25, 0.3) is 0 Å². The van der Waals surface area contributed by atoms with Crippen LogP contribution in [0.25, 0.3) is 0 Å². The van der Waals surface area contributed by atoms with Crippen LogP contribution in [0.15, 0.2) is 60.3 Å². The molecular weight excluding hydrogens is 464 g/mol. The van der Waals surface area contributed by atoms with Gasteiger partial charge in [-0.2, -0.15) is 4.58 Å². The Morgan fingerprint density at radius 3 is 2.24 bits per heavy atom. The Labute approximate surface area is 231 Å². The van der Waals surface area contributed by atoms with E-state index in [1.54, 1.807) is 0 Å².